The second kappa shape index (κ2) is 15.6. The second-order valence-corrected chi connectivity index (χ2v) is 10.5. The fraction of sp³-hybridized carbons (Fsp3) is 0.364. The molecule has 4 rings (SSSR count). The molecule has 1 saturated heterocycles. The van der Waals surface area contributed by atoms with Crippen molar-refractivity contribution < 1.29 is 19.5 Å². The van der Waals surface area contributed by atoms with Crippen molar-refractivity contribution in [2.45, 2.75) is 38.1 Å². The van der Waals surface area contributed by atoms with E-state index in [0.29, 0.717) is 31.4 Å². The zero-order valence-electron chi connectivity index (χ0n) is 23.5. The topological polar surface area (TPSA) is 102 Å². The first kappa shape index (κ1) is 29.8. The van der Waals surface area contributed by atoms with Crippen molar-refractivity contribution in [2.24, 2.45) is 0 Å². The van der Waals surface area contributed by atoms with Gasteiger partial charge in [0.15, 0.2) is 0 Å². The lowest BCUT2D eigenvalue weighted by Crippen LogP contribution is -2.45. The van der Waals surface area contributed by atoms with E-state index in [1.165, 1.54) is 5.56 Å². The molecule has 216 valence electrons. The van der Waals surface area contributed by atoms with E-state index in [1.807, 2.05) is 66.7 Å². The van der Waals surface area contributed by atoms with Crippen LogP contribution in [0.3, 0.4) is 0 Å². The minimum atomic E-state index is -0.969. The average Bonchev–Trinajstić information content (AvgIpc) is 3.00. The number of carbonyl (C=O) groups excluding carboxylic acids is 2. The van der Waals surface area contributed by atoms with E-state index in [4.69, 9.17) is 0 Å². The number of amides is 2. The zero-order chi connectivity index (χ0) is 28.9. The Morgan fingerprint density at radius 2 is 1.54 bits per heavy atom. The smallest absolute Gasteiger partial charge is 0.305 e. The van der Waals surface area contributed by atoms with Crippen LogP contribution in [0.5, 0.6) is 0 Å². The molecule has 2 amide bonds. The van der Waals surface area contributed by atoms with Crippen molar-refractivity contribution in [1.82, 2.24) is 15.5 Å². The highest BCUT2D eigenvalue weighted by Crippen LogP contribution is 2.19. The molecule has 0 saturated carbocycles. The maximum absolute atomic E-state index is 13.8. The van der Waals surface area contributed by atoms with Crippen LogP contribution in [0, 0.1) is 0 Å². The average molecular weight is 557 g/mol. The fourth-order valence-corrected chi connectivity index (χ4v) is 5.18. The Bertz CT molecular complexity index is 1260. The van der Waals surface area contributed by atoms with Crippen LogP contribution in [0.4, 0.5) is 5.69 Å². The molecule has 1 fully saturated rings. The number of carboxylic acid groups (broad SMARTS) is 1. The molecule has 0 aliphatic carbocycles. The lowest BCUT2D eigenvalue weighted by atomic mass is 10.0. The van der Waals surface area contributed by atoms with Gasteiger partial charge in [-0.2, -0.15) is 0 Å². The molecule has 0 aromatic heterocycles. The summed E-state index contributed by atoms with van der Waals surface area (Å²) in [6.07, 6.45) is 2.46. The number of carboxylic acids is 1. The summed E-state index contributed by atoms with van der Waals surface area (Å²) >= 11 is 0. The Labute approximate surface area is 242 Å². The highest BCUT2D eigenvalue weighted by atomic mass is 16.4. The molecule has 41 heavy (non-hydrogen) atoms. The van der Waals surface area contributed by atoms with Crippen molar-refractivity contribution in [1.29, 1.82) is 0 Å². The summed E-state index contributed by atoms with van der Waals surface area (Å²) < 4.78 is 0. The lowest BCUT2D eigenvalue weighted by Gasteiger charge is -2.30. The molecule has 1 aliphatic rings. The summed E-state index contributed by atoms with van der Waals surface area (Å²) in [5.41, 5.74) is 3.79. The fourth-order valence-electron chi connectivity index (χ4n) is 5.18. The van der Waals surface area contributed by atoms with Gasteiger partial charge in [-0.1, -0.05) is 66.7 Å². The Balaban J connectivity index is 1.44. The number of piperazine rings is 1. The van der Waals surface area contributed by atoms with Gasteiger partial charge in [-0.05, 0) is 55.0 Å². The molecular weight excluding hydrogens is 516 g/mol. The van der Waals surface area contributed by atoms with Crippen LogP contribution in [-0.4, -0.2) is 73.1 Å². The van der Waals surface area contributed by atoms with E-state index >= 15 is 0 Å². The minimum Gasteiger partial charge on any atom is -0.481 e. The number of aryl methyl sites for hydroxylation is 2. The van der Waals surface area contributed by atoms with E-state index in [0.717, 1.165) is 43.9 Å². The van der Waals surface area contributed by atoms with Gasteiger partial charge >= 0.3 is 5.97 Å². The first-order chi connectivity index (χ1) is 20.0. The molecule has 1 heterocycles. The summed E-state index contributed by atoms with van der Waals surface area (Å²) in [6.45, 7) is 3.81. The Morgan fingerprint density at radius 1 is 0.878 bits per heavy atom. The highest BCUT2D eigenvalue weighted by Gasteiger charge is 2.23. The third kappa shape index (κ3) is 9.76. The van der Waals surface area contributed by atoms with Gasteiger partial charge < -0.3 is 25.5 Å². The van der Waals surface area contributed by atoms with Gasteiger partial charge in [-0.15, -0.1) is 0 Å². The predicted octanol–water partition coefficient (Wildman–Crippen LogP) is 3.76. The molecule has 0 unspecified atom stereocenters. The number of benzene rings is 3. The van der Waals surface area contributed by atoms with Crippen molar-refractivity contribution in [3.05, 3.63) is 102 Å². The van der Waals surface area contributed by atoms with E-state index in [1.54, 1.807) is 11.0 Å². The molecular formula is C33H40N4O4. The van der Waals surface area contributed by atoms with Crippen molar-refractivity contribution >= 4 is 23.5 Å². The Kier molecular flexibility index (Phi) is 11.3. The molecule has 0 bridgehead atoms. The Hall–Kier alpha value is -4.17. The monoisotopic (exact) mass is 556 g/mol. The van der Waals surface area contributed by atoms with Crippen molar-refractivity contribution in [3.63, 3.8) is 0 Å². The van der Waals surface area contributed by atoms with Gasteiger partial charge in [-0.25, -0.2) is 0 Å². The molecule has 8 nitrogen and oxygen atoms in total. The molecule has 3 aromatic carbocycles. The summed E-state index contributed by atoms with van der Waals surface area (Å²) in [7, 11) is 0. The first-order valence-corrected chi connectivity index (χ1v) is 14.4. The van der Waals surface area contributed by atoms with E-state index < -0.39 is 12.0 Å². The van der Waals surface area contributed by atoms with E-state index in [-0.39, 0.29) is 24.8 Å². The molecule has 3 aromatic rings. The van der Waals surface area contributed by atoms with Crippen molar-refractivity contribution in [2.75, 3.05) is 44.2 Å². The normalized spacial score (nSPS) is 13.8. The van der Waals surface area contributed by atoms with E-state index in [9.17, 15) is 19.5 Å². The number of nitrogens with zero attached hydrogens (tertiary/aromatic N) is 2. The molecule has 8 heteroatoms. The maximum Gasteiger partial charge on any atom is 0.305 e. The molecule has 1 aliphatic heterocycles. The van der Waals surface area contributed by atoms with Crippen LogP contribution in [0.1, 0.15) is 40.7 Å². The van der Waals surface area contributed by atoms with Crippen LogP contribution < -0.4 is 15.5 Å². The first-order valence-electron chi connectivity index (χ1n) is 14.4. The number of aliphatic carboxylic acids is 1. The summed E-state index contributed by atoms with van der Waals surface area (Å²) in [5, 5.41) is 15.7. The number of hydrogen-bond donors (Lipinski definition) is 3. The Morgan fingerprint density at radius 3 is 2.20 bits per heavy atom. The number of anilines is 1. The van der Waals surface area contributed by atoms with Gasteiger partial charge in [0.2, 0.25) is 5.91 Å². The number of hydrogen-bond acceptors (Lipinski definition) is 5. The van der Waals surface area contributed by atoms with Crippen LogP contribution >= 0.6 is 0 Å². The number of nitrogens with one attached hydrogen (secondary N) is 2. The van der Waals surface area contributed by atoms with Gasteiger partial charge in [0, 0.05) is 50.0 Å². The number of rotatable bonds is 14. The van der Waals surface area contributed by atoms with Crippen LogP contribution in [0.25, 0.3) is 0 Å². The zero-order valence-corrected chi connectivity index (χ0v) is 23.5. The molecule has 0 spiro atoms. The summed E-state index contributed by atoms with van der Waals surface area (Å²) in [6, 6.07) is 26.9. The van der Waals surface area contributed by atoms with Gasteiger partial charge in [0.1, 0.15) is 0 Å². The molecule has 1 atom stereocenters. The minimum absolute atomic E-state index is 0.132. The third-order valence-electron chi connectivity index (χ3n) is 7.34. The summed E-state index contributed by atoms with van der Waals surface area (Å²) in [4.78, 5) is 42.4. The SMILES string of the molecule is O=C(O)C[C@@H](CCc1ccccc1)NC(=O)CN(CCCc1ccccc1)C(=O)c1cccc(N2CCNCC2)c1. The van der Waals surface area contributed by atoms with E-state index in [2.05, 4.69) is 27.7 Å². The standard InChI is InChI=1S/C33H40N4O4/c38-31(35-29(24-32(39)40)17-16-27-11-5-2-6-12-27)25-37(20-8-13-26-9-3-1-4-10-26)33(41)28-14-7-15-30(23-28)36-21-18-34-19-22-36/h1-7,9-12,14-15,23,29,34H,8,13,16-22,24-25H2,(H,35,38)(H,39,40)/t29-/m1/s1. The summed E-state index contributed by atoms with van der Waals surface area (Å²) in [5.74, 6) is -1.52. The van der Waals surface area contributed by atoms with Crippen LogP contribution in [0.15, 0.2) is 84.9 Å². The van der Waals surface area contributed by atoms with Gasteiger partial charge in [0.05, 0.1) is 13.0 Å². The van der Waals surface area contributed by atoms with Crippen LogP contribution in [0.2, 0.25) is 0 Å². The van der Waals surface area contributed by atoms with Gasteiger partial charge in [0.25, 0.3) is 5.91 Å². The lowest BCUT2D eigenvalue weighted by molar-refractivity contribution is -0.137. The quantitative estimate of drug-likeness (QED) is 0.280. The largest absolute Gasteiger partial charge is 0.481 e. The second-order valence-electron chi connectivity index (χ2n) is 10.5. The highest BCUT2D eigenvalue weighted by molar-refractivity contribution is 5.97. The van der Waals surface area contributed by atoms with Gasteiger partial charge in [-0.3, -0.25) is 14.4 Å². The number of carbonyl (C=O) groups is 3. The van der Waals surface area contributed by atoms with Crippen molar-refractivity contribution in [3.8, 4) is 0 Å². The third-order valence-corrected chi connectivity index (χ3v) is 7.34. The predicted molar refractivity (Wildman–Crippen MR) is 161 cm³/mol. The molecule has 3 N–H and O–H groups in total. The van der Waals surface area contributed by atoms with Crippen LogP contribution in [-0.2, 0) is 22.4 Å². The maximum atomic E-state index is 13.8. The molecule has 0 radical (unpaired) electrons.